The van der Waals surface area contributed by atoms with Gasteiger partial charge in [-0.2, -0.15) is 0 Å². The van der Waals surface area contributed by atoms with E-state index in [1.807, 2.05) is 6.07 Å². The second kappa shape index (κ2) is 8.58. The summed E-state index contributed by atoms with van der Waals surface area (Å²) in [7, 11) is 0. The second-order valence-corrected chi connectivity index (χ2v) is 7.96. The summed E-state index contributed by atoms with van der Waals surface area (Å²) in [6.45, 7) is 0. The molecule has 0 bridgehead atoms. The van der Waals surface area contributed by atoms with Crippen molar-refractivity contribution in [3.05, 3.63) is 40.7 Å². The maximum Gasteiger partial charge on any atom is 0.229 e. The fourth-order valence-corrected chi connectivity index (χ4v) is 4.61. The molecule has 0 saturated heterocycles. The van der Waals surface area contributed by atoms with Crippen molar-refractivity contribution in [2.75, 3.05) is 5.32 Å². The lowest BCUT2D eigenvalue weighted by Crippen LogP contribution is -2.24. The van der Waals surface area contributed by atoms with E-state index in [4.69, 9.17) is 0 Å². The van der Waals surface area contributed by atoms with Gasteiger partial charge in [0.2, 0.25) is 11.0 Å². The van der Waals surface area contributed by atoms with Gasteiger partial charge in [0.25, 0.3) is 0 Å². The fraction of sp³-hybridized carbons (Fsp3) is 0.471. The molecule has 1 fully saturated rings. The van der Waals surface area contributed by atoms with Crippen molar-refractivity contribution in [1.29, 1.82) is 0 Å². The number of carbonyl (C=O) groups is 1. The lowest BCUT2D eigenvalue weighted by atomic mass is 9.89. The van der Waals surface area contributed by atoms with Crippen LogP contribution in [0.15, 0.2) is 24.3 Å². The predicted molar refractivity (Wildman–Crippen MR) is 96.5 cm³/mol. The number of nitrogens with one attached hydrogen (secondary N) is 1. The van der Waals surface area contributed by atoms with Crippen LogP contribution in [0.4, 0.5) is 9.52 Å². The number of rotatable bonds is 6. The first kappa shape index (κ1) is 17.4. The third-order valence-corrected chi connectivity index (χ3v) is 6.13. The molecular weight excluding hydrogens is 345 g/mol. The van der Waals surface area contributed by atoms with Gasteiger partial charge in [-0.25, -0.2) is 4.39 Å². The average Bonchev–Trinajstić information content (AvgIpc) is 3.05. The second-order valence-electron chi connectivity index (χ2n) is 5.91. The van der Waals surface area contributed by atoms with Crippen LogP contribution in [0, 0.1) is 11.7 Å². The standard InChI is InChI=1S/C17H20FN3OS2/c18-14-9-5-4-8-13(14)10-23-11-15-20-21-17(24-15)19-16(22)12-6-2-1-3-7-12/h4-5,8-9,12H,1-3,6-7,10-11H2,(H,19,21,22). The Morgan fingerprint density at radius 1 is 1.21 bits per heavy atom. The predicted octanol–water partition coefficient (Wildman–Crippen LogP) is 4.63. The van der Waals surface area contributed by atoms with E-state index in [0.717, 1.165) is 30.7 Å². The topological polar surface area (TPSA) is 54.9 Å². The van der Waals surface area contributed by atoms with Crippen LogP contribution >= 0.6 is 23.1 Å². The lowest BCUT2D eigenvalue weighted by molar-refractivity contribution is -0.120. The molecule has 4 nitrogen and oxygen atoms in total. The Morgan fingerprint density at radius 3 is 2.79 bits per heavy atom. The molecule has 128 valence electrons. The lowest BCUT2D eigenvalue weighted by Gasteiger charge is -2.19. The molecule has 0 unspecified atom stereocenters. The van der Waals surface area contributed by atoms with E-state index in [0.29, 0.717) is 22.2 Å². The molecule has 2 aromatic rings. The minimum Gasteiger partial charge on any atom is -0.300 e. The first-order chi connectivity index (χ1) is 11.7. The first-order valence-corrected chi connectivity index (χ1v) is 10.1. The molecule has 1 aliphatic carbocycles. The molecule has 24 heavy (non-hydrogen) atoms. The van der Waals surface area contributed by atoms with Crippen LogP contribution in [-0.2, 0) is 16.3 Å². The highest BCUT2D eigenvalue weighted by Crippen LogP contribution is 2.27. The summed E-state index contributed by atoms with van der Waals surface area (Å²) in [6, 6.07) is 6.79. The zero-order chi connectivity index (χ0) is 16.8. The van der Waals surface area contributed by atoms with Gasteiger partial charge < -0.3 is 5.32 Å². The maximum atomic E-state index is 13.6. The van der Waals surface area contributed by atoms with Crippen LogP contribution in [0.1, 0.15) is 42.7 Å². The number of aromatic nitrogens is 2. The van der Waals surface area contributed by atoms with E-state index in [2.05, 4.69) is 15.5 Å². The number of carbonyl (C=O) groups excluding carboxylic acids is 1. The summed E-state index contributed by atoms with van der Waals surface area (Å²) in [5.41, 5.74) is 0.692. The molecule has 1 saturated carbocycles. The third-order valence-electron chi connectivity index (χ3n) is 4.11. The highest BCUT2D eigenvalue weighted by Gasteiger charge is 2.22. The largest absolute Gasteiger partial charge is 0.300 e. The molecule has 0 atom stereocenters. The first-order valence-electron chi connectivity index (χ1n) is 8.17. The van der Waals surface area contributed by atoms with Gasteiger partial charge in [0.05, 0.1) is 0 Å². The number of nitrogens with zero attached hydrogens (tertiary/aromatic N) is 2. The maximum absolute atomic E-state index is 13.6. The Balaban J connectivity index is 1.47. The van der Waals surface area contributed by atoms with Gasteiger partial charge in [0.15, 0.2) is 0 Å². The summed E-state index contributed by atoms with van der Waals surface area (Å²) in [5, 5.41) is 12.4. The Labute approximate surface area is 149 Å². The number of halogens is 1. The molecule has 1 aromatic heterocycles. The number of hydrogen-bond donors (Lipinski definition) is 1. The van der Waals surface area contributed by atoms with Crippen molar-refractivity contribution in [3.8, 4) is 0 Å². The van der Waals surface area contributed by atoms with Gasteiger partial charge in [0, 0.05) is 17.4 Å². The molecule has 0 aliphatic heterocycles. The SMILES string of the molecule is O=C(Nc1nnc(CSCc2ccccc2F)s1)C1CCCCC1. The summed E-state index contributed by atoms with van der Waals surface area (Å²) in [5.74, 6) is 1.25. The molecule has 1 aromatic carbocycles. The number of anilines is 1. The zero-order valence-corrected chi connectivity index (χ0v) is 15.0. The minimum absolute atomic E-state index is 0.0661. The smallest absolute Gasteiger partial charge is 0.229 e. The number of thioether (sulfide) groups is 1. The molecule has 1 N–H and O–H groups in total. The molecule has 3 rings (SSSR count). The minimum atomic E-state index is -0.178. The molecule has 7 heteroatoms. The number of benzene rings is 1. The monoisotopic (exact) mass is 365 g/mol. The summed E-state index contributed by atoms with van der Waals surface area (Å²) >= 11 is 2.98. The van der Waals surface area contributed by atoms with Crippen molar-refractivity contribution < 1.29 is 9.18 Å². The van der Waals surface area contributed by atoms with Crippen LogP contribution in [-0.4, -0.2) is 16.1 Å². The number of hydrogen-bond acceptors (Lipinski definition) is 5. The zero-order valence-electron chi connectivity index (χ0n) is 13.3. The van der Waals surface area contributed by atoms with E-state index >= 15 is 0 Å². The van der Waals surface area contributed by atoms with E-state index in [-0.39, 0.29) is 17.6 Å². The van der Waals surface area contributed by atoms with E-state index < -0.39 is 0 Å². The molecule has 1 aliphatic rings. The van der Waals surface area contributed by atoms with Gasteiger partial charge in [-0.05, 0) is 24.5 Å². The molecule has 1 amide bonds. The van der Waals surface area contributed by atoms with Crippen LogP contribution < -0.4 is 5.32 Å². The van der Waals surface area contributed by atoms with E-state index in [1.165, 1.54) is 23.8 Å². The summed E-state index contributed by atoms with van der Waals surface area (Å²) in [4.78, 5) is 12.2. The van der Waals surface area contributed by atoms with Gasteiger partial charge in [-0.1, -0.05) is 48.8 Å². The average molecular weight is 365 g/mol. The van der Waals surface area contributed by atoms with Gasteiger partial charge in [0.1, 0.15) is 10.8 Å². The van der Waals surface area contributed by atoms with E-state index in [1.54, 1.807) is 23.9 Å². The molecule has 1 heterocycles. The Kier molecular flexibility index (Phi) is 6.20. The Bertz CT molecular complexity index is 686. The van der Waals surface area contributed by atoms with Crippen LogP contribution in [0.5, 0.6) is 0 Å². The molecular formula is C17H20FN3OS2. The van der Waals surface area contributed by atoms with Gasteiger partial charge >= 0.3 is 0 Å². The van der Waals surface area contributed by atoms with Gasteiger partial charge in [-0.15, -0.1) is 22.0 Å². The highest BCUT2D eigenvalue weighted by molar-refractivity contribution is 7.97. The van der Waals surface area contributed by atoms with Crippen molar-refractivity contribution in [2.24, 2.45) is 5.92 Å². The molecule has 0 spiro atoms. The summed E-state index contributed by atoms with van der Waals surface area (Å²) in [6.07, 6.45) is 5.43. The third kappa shape index (κ3) is 4.77. The summed E-state index contributed by atoms with van der Waals surface area (Å²) < 4.78 is 13.6. The Morgan fingerprint density at radius 2 is 2.00 bits per heavy atom. The van der Waals surface area contributed by atoms with Crippen molar-refractivity contribution >= 4 is 34.1 Å². The Hall–Kier alpha value is -1.47. The van der Waals surface area contributed by atoms with Crippen molar-refractivity contribution in [2.45, 2.75) is 43.6 Å². The van der Waals surface area contributed by atoms with Crippen molar-refractivity contribution in [3.63, 3.8) is 0 Å². The van der Waals surface area contributed by atoms with Crippen molar-refractivity contribution in [1.82, 2.24) is 10.2 Å². The number of amides is 1. The normalized spacial score (nSPS) is 15.4. The van der Waals surface area contributed by atoms with Crippen LogP contribution in [0.25, 0.3) is 0 Å². The quantitative estimate of drug-likeness (QED) is 0.811. The highest BCUT2D eigenvalue weighted by atomic mass is 32.2. The fourth-order valence-electron chi connectivity index (χ4n) is 2.80. The van der Waals surface area contributed by atoms with E-state index in [9.17, 15) is 9.18 Å². The molecule has 0 radical (unpaired) electrons. The van der Waals surface area contributed by atoms with Crippen LogP contribution in [0.2, 0.25) is 0 Å². The van der Waals surface area contributed by atoms with Crippen LogP contribution in [0.3, 0.4) is 0 Å². The van der Waals surface area contributed by atoms with Gasteiger partial charge in [-0.3, -0.25) is 4.79 Å².